The summed E-state index contributed by atoms with van der Waals surface area (Å²) in [6.07, 6.45) is 5.24. The van der Waals surface area contributed by atoms with Crippen molar-refractivity contribution in [2.24, 2.45) is 0 Å². The summed E-state index contributed by atoms with van der Waals surface area (Å²) in [4.78, 5) is 12.5. The largest absolute Gasteiger partial charge is 0.496 e. The van der Waals surface area contributed by atoms with E-state index < -0.39 is 0 Å². The summed E-state index contributed by atoms with van der Waals surface area (Å²) in [5.41, 5.74) is 5.84. The molecule has 4 heteroatoms. The van der Waals surface area contributed by atoms with Gasteiger partial charge in [0.05, 0.1) is 13.4 Å². The molecule has 1 heterocycles. The summed E-state index contributed by atoms with van der Waals surface area (Å²) in [5, 5.41) is 3.97. The fourth-order valence-electron chi connectivity index (χ4n) is 3.85. The van der Waals surface area contributed by atoms with Crippen LogP contribution in [0.4, 0.5) is 0 Å². The SMILES string of the molecule is COc1cc2occ(-c3ccccc3)c2cc1/C(C)=C/C(=O)NCCCc1ccccc1. The maximum atomic E-state index is 12.5. The average Bonchev–Trinajstić information content (AvgIpc) is 3.25. The van der Waals surface area contributed by atoms with Crippen LogP contribution in [0.2, 0.25) is 0 Å². The minimum Gasteiger partial charge on any atom is -0.496 e. The highest BCUT2D eigenvalue weighted by atomic mass is 16.5. The highest BCUT2D eigenvalue weighted by molar-refractivity contribution is 6.00. The zero-order valence-corrected chi connectivity index (χ0v) is 18.4. The number of carbonyl (C=O) groups excluding carboxylic acids is 1. The normalized spacial score (nSPS) is 11.5. The second-order valence-electron chi connectivity index (χ2n) is 7.77. The van der Waals surface area contributed by atoms with E-state index in [2.05, 4.69) is 29.6 Å². The van der Waals surface area contributed by atoms with Gasteiger partial charge in [0.25, 0.3) is 0 Å². The Morgan fingerprint density at radius 2 is 1.75 bits per heavy atom. The van der Waals surface area contributed by atoms with Crippen LogP contribution in [0.1, 0.15) is 24.5 Å². The van der Waals surface area contributed by atoms with Crippen molar-refractivity contribution in [3.63, 3.8) is 0 Å². The third-order valence-electron chi connectivity index (χ3n) is 5.54. The van der Waals surface area contributed by atoms with Gasteiger partial charge in [-0.1, -0.05) is 60.7 Å². The first kappa shape index (κ1) is 21.4. The van der Waals surface area contributed by atoms with Crippen LogP contribution in [0.15, 0.2) is 89.6 Å². The lowest BCUT2D eigenvalue weighted by Gasteiger charge is -2.10. The van der Waals surface area contributed by atoms with Crippen LogP contribution in [0.3, 0.4) is 0 Å². The number of furan rings is 1. The number of allylic oxidation sites excluding steroid dienone is 1. The lowest BCUT2D eigenvalue weighted by Crippen LogP contribution is -2.22. The molecule has 0 fully saturated rings. The molecule has 0 aliphatic carbocycles. The number of hydrogen-bond donors (Lipinski definition) is 1. The molecule has 0 radical (unpaired) electrons. The highest BCUT2D eigenvalue weighted by Crippen LogP contribution is 2.37. The Morgan fingerprint density at radius 3 is 2.47 bits per heavy atom. The molecule has 32 heavy (non-hydrogen) atoms. The molecule has 0 atom stereocenters. The monoisotopic (exact) mass is 425 g/mol. The number of fused-ring (bicyclic) bond motifs is 1. The minimum absolute atomic E-state index is 0.104. The fourth-order valence-corrected chi connectivity index (χ4v) is 3.85. The molecule has 0 spiro atoms. The molecular weight excluding hydrogens is 398 g/mol. The predicted molar refractivity (Wildman–Crippen MR) is 130 cm³/mol. The van der Waals surface area contributed by atoms with Gasteiger partial charge in [-0.3, -0.25) is 4.79 Å². The van der Waals surface area contributed by atoms with Crippen LogP contribution in [-0.4, -0.2) is 19.6 Å². The Hall–Kier alpha value is -3.79. The number of carbonyl (C=O) groups is 1. The predicted octanol–water partition coefficient (Wildman–Crippen LogP) is 6.26. The Morgan fingerprint density at radius 1 is 1.03 bits per heavy atom. The van der Waals surface area contributed by atoms with Crippen LogP contribution in [-0.2, 0) is 11.2 Å². The Labute approximate surface area is 188 Å². The Kier molecular flexibility index (Phi) is 6.71. The number of amides is 1. The highest BCUT2D eigenvalue weighted by Gasteiger charge is 2.14. The topological polar surface area (TPSA) is 51.5 Å². The first-order valence-electron chi connectivity index (χ1n) is 10.8. The summed E-state index contributed by atoms with van der Waals surface area (Å²) in [6, 6.07) is 24.3. The fraction of sp³-hybridized carbons (Fsp3) is 0.179. The smallest absolute Gasteiger partial charge is 0.244 e. The van der Waals surface area contributed by atoms with Crippen molar-refractivity contribution in [2.75, 3.05) is 13.7 Å². The van der Waals surface area contributed by atoms with Crippen LogP contribution < -0.4 is 10.1 Å². The lowest BCUT2D eigenvalue weighted by molar-refractivity contribution is -0.116. The van der Waals surface area contributed by atoms with Crippen molar-refractivity contribution in [1.82, 2.24) is 5.32 Å². The summed E-state index contributed by atoms with van der Waals surface area (Å²) in [5.74, 6) is 0.574. The van der Waals surface area contributed by atoms with Crippen LogP contribution >= 0.6 is 0 Å². The first-order chi connectivity index (χ1) is 15.7. The molecule has 1 amide bonds. The van der Waals surface area contributed by atoms with Crippen molar-refractivity contribution >= 4 is 22.4 Å². The third-order valence-corrected chi connectivity index (χ3v) is 5.54. The van der Waals surface area contributed by atoms with Crippen molar-refractivity contribution in [2.45, 2.75) is 19.8 Å². The van der Waals surface area contributed by atoms with Crippen molar-refractivity contribution in [3.05, 3.63) is 96.3 Å². The number of ether oxygens (including phenoxy) is 1. The third kappa shape index (κ3) is 4.92. The first-order valence-corrected chi connectivity index (χ1v) is 10.8. The van der Waals surface area contributed by atoms with Crippen molar-refractivity contribution < 1.29 is 13.9 Å². The van der Waals surface area contributed by atoms with Gasteiger partial charge in [0, 0.05) is 35.2 Å². The molecule has 0 aliphatic rings. The van der Waals surface area contributed by atoms with Gasteiger partial charge < -0.3 is 14.5 Å². The summed E-state index contributed by atoms with van der Waals surface area (Å²) >= 11 is 0. The molecule has 4 aromatic rings. The van der Waals surface area contributed by atoms with E-state index in [1.165, 1.54) is 5.56 Å². The average molecular weight is 426 g/mol. The Bertz CT molecular complexity index is 1220. The number of methoxy groups -OCH3 is 1. The van der Waals surface area contributed by atoms with Gasteiger partial charge in [0.15, 0.2) is 0 Å². The molecule has 0 bridgehead atoms. The van der Waals surface area contributed by atoms with E-state index >= 15 is 0 Å². The van der Waals surface area contributed by atoms with Gasteiger partial charge in [-0.2, -0.15) is 0 Å². The second-order valence-corrected chi connectivity index (χ2v) is 7.77. The van der Waals surface area contributed by atoms with E-state index in [-0.39, 0.29) is 5.91 Å². The summed E-state index contributed by atoms with van der Waals surface area (Å²) in [7, 11) is 1.63. The molecule has 0 unspecified atom stereocenters. The van der Waals surface area contributed by atoms with Crippen LogP contribution in [0, 0.1) is 0 Å². The summed E-state index contributed by atoms with van der Waals surface area (Å²) in [6.45, 7) is 2.56. The molecule has 1 N–H and O–H groups in total. The Balaban J connectivity index is 1.50. The van der Waals surface area contributed by atoms with Gasteiger partial charge in [-0.05, 0) is 42.5 Å². The van der Waals surface area contributed by atoms with Gasteiger partial charge in [0.1, 0.15) is 11.3 Å². The van der Waals surface area contributed by atoms with Crippen LogP contribution in [0.5, 0.6) is 5.75 Å². The molecule has 1 aromatic heterocycles. The lowest BCUT2D eigenvalue weighted by atomic mass is 9.99. The molecule has 3 aromatic carbocycles. The van der Waals surface area contributed by atoms with E-state index in [4.69, 9.17) is 9.15 Å². The molecule has 162 valence electrons. The second kappa shape index (κ2) is 10.0. The minimum atomic E-state index is -0.104. The van der Waals surface area contributed by atoms with E-state index in [0.717, 1.165) is 46.1 Å². The zero-order valence-electron chi connectivity index (χ0n) is 18.4. The van der Waals surface area contributed by atoms with Gasteiger partial charge in [-0.25, -0.2) is 0 Å². The molecular formula is C28H27NO3. The van der Waals surface area contributed by atoms with Gasteiger partial charge in [-0.15, -0.1) is 0 Å². The van der Waals surface area contributed by atoms with Crippen LogP contribution in [0.25, 0.3) is 27.7 Å². The van der Waals surface area contributed by atoms with E-state index in [1.54, 1.807) is 19.4 Å². The molecule has 0 saturated heterocycles. The summed E-state index contributed by atoms with van der Waals surface area (Å²) < 4.78 is 11.4. The quantitative estimate of drug-likeness (QED) is 0.268. The maximum Gasteiger partial charge on any atom is 0.244 e. The van der Waals surface area contributed by atoms with E-state index in [0.29, 0.717) is 12.3 Å². The zero-order chi connectivity index (χ0) is 22.3. The van der Waals surface area contributed by atoms with Crippen molar-refractivity contribution in [1.29, 1.82) is 0 Å². The van der Waals surface area contributed by atoms with Crippen molar-refractivity contribution in [3.8, 4) is 16.9 Å². The number of rotatable bonds is 8. The number of nitrogens with one attached hydrogen (secondary N) is 1. The maximum absolute atomic E-state index is 12.5. The van der Waals surface area contributed by atoms with Gasteiger partial charge >= 0.3 is 0 Å². The number of aryl methyl sites for hydroxylation is 1. The van der Waals surface area contributed by atoms with E-state index in [9.17, 15) is 4.79 Å². The van der Waals surface area contributed by atoms with E-state index in [1.807, 2.05) is 55.5 Å². The molecule has 4 rings (SSSR count). The number of benzene rings is 3. The number of hydrogen-bond acceptors (Lipinski definition) is 3. The standard InChI is InChI=1S/C28H27NO3/c1-20(16-28(30)29-15-9-12-21-10-5-3-6-11-21)23-17-24-25(22-13-7-4-8-14-22)19-32-27(24)18-26(23)31-2/h3-8,10-11,13-14,16-19H,9,12,15H2,1-2H3,(H,29,30)/b20-16+. The van der Waals surface area contributed by atoms with Gasteiger partial charge in [0.2, 0.25) is 5.91 Å². The molecule has 0 saturated carbocycles. The molecule has 4 nitrogen and oxygen atoms in total. The molecule has 0 aliphatic heterocycles.